The zero-order valence-corrected chi connectivity index (χ0v) is 9.09. The van der Waals surface area contributed by atoms with E-state index in [1.54, 1.807) is 0 Å². The summed E-state index contributed by atoms with van der Waals surface area (Å²) in [6, 6.07) is 0. The van der Waals surface area contributed by atoms with Crippen LogP contribution in [0.3, 0.4) is 0 Å². The van der Waals surface area contributed by atoms with Crippen molar-refractivity contribution in [3.05, 3.63) is 12.7 Å². The van der Waals surface area contributed by atoms with Gasteiger partial charge in [0.05, 0.1) is 7.11 Å². The van der Waals surface area contributed by atoms with Crippen LogP contribution in [-0.4, -0.2) is 13.1 Å². The van der Waals surface area contributed by atoms with Crippen LogP contribution in [0.1, 0.15) is 33.6 Å². The van der Waals surface area contributed by atoms with Crippen molar-refractivity contribution in [2.75, 3.05) is 7.11 Å². The fourth-order valence-corrected chi connectivity index (χ4v) is 1.23. The molecule has 2 nitrogen and oxygen atoms in total. The molecule has 0 saturated heterocycles. The van der Waals surface area contributed by atoms with Crippen LogP contribution in [0.2, 0.25) is 0 Å². The molecule has 0 bridgehead atoms. The minimum atomic E-state index is -0.137. The van der Waals surface area contributed by atoms with Crippen molar-refractivity contribution in [1.82, 2.24) is 0 Å². The number of carbonyl (C=O) groups is 1. The monoisotopic (exact) mass is 184 g/mol. The highest BCUT2D eigenvalue weighted by Gasteiger charge is 2.25. The third kappa shape index (κ3) is 4.71. The molecule has 76 valence electrons. The van der Waals surface area contributed by atoms with Gasteiger partial charge in [-0.2, -0.15) is 0 Å². The van der Waals surface area contributed by atoms with Gasteiger partial charge in [-0.15, -0.1) is 6.58 Å². The molecule has 1 unspecified atom stereocenters. The highest BCUT2D eigenvalue weighted by Crippen LogP contribution is 2.31. The van der Waals surface area contributed by atoms with E-state index in [4.69, 9.17) is 0 Å². The number of rotatable bonds is 4. The van der Waals surface area contributed by atoms with Crippen molar-refractivity contribution >= 4 is 5.97 Å². The fourth-order valence-electron chi connectivity index (χ4n) is 1.23. The van der Waals surface area contributed by atoms with E-state index >= 15 is 0 Å². The van der Waals surface area contributed by atoms with E-state index < -0.39 is 0 Å². The van der Waals surface area contributed by atoms with Crippen molar-refractivity contribution in [2.24, 2.45) is 11.3 Å². The lowest BCUT2D eigenvalue weighted by Crippen LogP contribution is -2.23. The Labute approximate surface area is 81.0 Å². The lowest BCUT2D eigenvalue weighted by Gasteiger charge is -2.28. The topological polar surface area (TPSA) is 26.3 Å². The van der Waals surface area contributed by atoms with Gasteiger partial charge < -0.3 is 4.74 Å². The van der Waals surface area contributed by atoms with Crippen LogP contribution in [0.5, 0.6) is 0 Å². The summed E-state index contributed by atoms with van der Waals surface area (Å²) in [6.07, 6.45) is 3.20. The third-order valence-corrected chi connectivity index (χ3v) is 2.32. The van der Waals surface area contributed by atoms with Gasteiger partial charge in [-0.1, -0.05) is 26.8 Å². The number of methoxy groups -OCH3 is 1. The van der Waals surface area contributed by atoms with Crippen LogP contribution < -0.4 is 0 Å². The zero-order chi connectivity index (χ0) is 10.5. The number of allylic oxidation sites excluding steroid dienone is 1. The summed E-state index contributed by atoms with van der Waals surface area (Å²) in [5.74, 6) is 0.180. The largest absolute Gasteiger partial charge is 0.469 e. The standard InChI is InChI=1S/C11H20O2/c1-6-7-9(11(2,3)4)8-10(12)13-5/h6,9H,1,7-8H2,2-5H3. The first kappa shape index (κ1) is 12.2. The van der Waals surface area contributed by atoms with E-state index in [-0.39, 0.29) is 11.4 Å². The van der Waals surface area contributed by atoms with Crippen molar-refractivity contribution in [2.45, 2.75) is 33.6 Å². The molecule has 0 amide bonds. The van der Waals surface area contributed by atoms with Gasteiger partial charge in [-0.05, 0) is 17.8 Å². The maximum atomic E-state index is 11.1. The summed E-state index contributed by atoms with van der Waals surface area (Å²) < 4.78 is 4.65. The van der Waals surface area contributed by atoms with Gasteiger partial charge in [-0.3, -0.25) is 4.79 Å². The summed E-state index contributed by atoms with van der Waals surface area (Å²) in [4.78, 5) is 11.1. The van der Waals surface area contributed by atoms with E-state index in [0.29, 0.717) is 12.3 Å². The SMILES string of the molecule is C=CCC(CC(=O)OC)C(C)(C)C. The van der Waals surface area contributed by atoms with E-state index in [1.807, 2.05) is 6.08 Å². The van der Waals surface area contributed by atoms with Crippen LogP contribution in [0, 0.1) is 11.3 Å². The molecule has 0 aromatic rings. The minimum absolute atomic E-state index is 0.127. The van der Waals surface area contributed by atoms with Gasteiger partial charge >= 0.3 is 5.97 Å². The van der Waals surface area contributed by atoms with E-state index in [1.165, 1.54) is 7.11 Å². The maximum absolute atomic E-state index is 11.1. The Bertz CT molecular complexity index is 177. The number of ether oxygens (including phenoxy) is 1. The lowest BCUT2D eigenvalue weighted by molar-refractivity contribution is -0.142. The van der Waals surface area contributed by atoms with E-state index in [0.717, 1.165) is 6.42 Å². The molecule has 0 radical (unpaired) electrons. The van der Waals surface area contributed by atoms with Gasteiger partial charge in [0.2, 0.25) is 0 Å². The number of esters is 1. The lowest BCUT2D eigenvalue weighted by atomic mass is 9.77. The second-order valence-corrected chi connectivity index (χ2v) is 4.37. The molecule has 0 aliphatic carbocycles. The summed E-state index contributed by atoms with van der Waals surface area (Å²) in [5.41, 5.74) is 0.127. The predicted octanol–water partition coefficient (Wildman–Crippen LogP) is 2.79. The second kappa shape index (κ2) is 5.05. The minimum Gasteiger partial charge on any atom is -0.469 e. The van der Waals surface area contributed by atoms with E-state index in [9.17, 15) is 4.79 Å². The summed E-state index contributed by atoms with van der Waals surface area (Å²) in [7, 11) is 1.43. The van der Waals surface area contributed by atoms with Crippen LogP contribution in [0.15, 0.2) is 12.7 Å². The highest BCUT2D eigenvalue weighted by atomic mass is 16.5. The molecule has 0 rings (SSSR count). The molecule has 0 spiro atoms. The molecular weight excluding hydrogens is 164 g/mol. The zero-order valence-electron chi connectivity index (χ0n) is 9.09. The molecular formula is C11H20O2. The van der Waals surface area contributed by atoms with E-state index in [2.05, 4.69) is 32.1 Å². The van der Waals surface area contributed by atoms with Gasteiger partial charge in [0.1, 0.15) is 0 Å². The molecule has 0 aliphatic heterocycles. The van der Waals surface area contributed by atoms with Crippen molar-refractivity contribution in [3.63, 3.8) is 0 Å². The Morgan fingerprint density at radius 3 is 2.38 bits per heavy atom. The molecule has 0 fully saturated rings. The second-order valence-electron chi connectivity index (χ2n) is 4.37. The summed E-state index contributed by atoms with van der Waals surface area (Å²) in [6.45, 7) is 10.1. The third-order valence-electron chi connectivity index (χ3n) is 2.32. The van der Waals surface area contributed by atoms with Gasteiger partial charge in [0.15, 0.2) is 0 Å². The van der Waals surface area contributed by atoms with Crippen molar-refractivity contribution in [3.8, 4) is 0 Å². The number of carbonyl (C=O) groups excluding carboxylic acids is 1. The Balaban J connectivity index is 4.26. The molecule has 1 atom stereocenters. The molecule has 0 N–H and O–H groups in total. The van der Waals surface area contributed by atoms with Gasteiger partial charge in [-0.25, -0.2) is 0 Å². The first-order valence-electron chi connectivity index (χ1n) is 4.59. The average Bonchev–Trinajstić information content (AvgIpc) is 2.01. The molecule has 13 heavy (non-hydrogen) atoms. The summed E-state index contributed by atoms with van der Waals surface area (Å²) in [5, 5.41) is 0. The molecule has 0 saturated carbocycles. The fraction of sp³-hybridized carbons (Fsp3) is 0.727. The van der Waals surface area contributed by atoms with Crippen molar-refractivity contribution < 1.29 is 9.53 Å². The van der Waals surface area contributed by atoms with Crippen LogP contribution in [0.25, 0.3) is 0 Å². The molecule has 0 heterocycles. The first-order valence-corrected chi connectivity index (χ1v) is 4.59. The number of hydrogen-bond donors (Lipinski definition) is 0. The number of hydrogen-bond acceptors (Lipinski definition) is 2. The molecule has 0 aliphatic rings. The van der Waals surface area contributed by atoms with Gasteiger partial charge in [0, 0.05) is 6.42 Å². The van der Waals surface area contributed by atoms with Gasteiger partial charge in [0.25, 0.3) is 0 Å². The Morgan fingerprint density at radius 1 is 1.54 bits per heavy atom. The Kier molecular flexibility index (Phi) is 4.74. The molecule has 0 aromatic carbocycles. The maximum Gasteiger partial charge on any atom is 0.305 e. The Morgan fingerprint density at radius 2 is 2.08 bits per heavy atom. The van der Waals surface area contributed by atoms with Crippen LogP contribution in [-0.2, 0) is 9.53 Å². The predicted molar refractivity (Wildman–Crippen MR) is 54.4 cm³/mol. The molecule has 0 aromatic heterocycles. The first-order chi connectivity index (χ1) is 5.91. The van der Waals surface area contributed by atoms with Crippen molar-refractivity contribution in [1.29, 1.82) is 0 Å². The average molecular weight is 184 g/mol. The Hall–Kier alpha value is -0.790. The summed E-state index contributed by atoms with van der Waals surface area (Å²) >= 11 is 0. The van der Waals surface area contributed by atoms with Crippen LogP contribution in [0.4, 0.5) is 0 Å². The quantitative estimate of drug-likeness (QED) is 0.496. The smallest absolute Gasteiger partial charge is 0.305 e. The highest BCUT2D eigenvalue weighted by molar-refractivity contribution is 5.69. The normalized spacial score (nSPS) is 13.5. The molecule has 2 heteroatoms. The van der Waals surface area contributed by atoms with Crippen LogP contribution >= 0.6 is 0 Å².